The number of benzene rings is 2. The number of thiazole rings is 1. The second-order valence-electron chi connectivity index (χ2n) is 8.15. The van der Waals surface area contributed by atoms with Gasteiger partial charge in [0.05, 0.1) is 22.4 Å². The fraction of sp³-hybridized carbons (Fsp3) is 0.348. The number of anilines is 1. The van der Waals surface area contributed by atoms with Crippen molar-refractivity contribution in [2.45, 2.75) is 32.4 Å². The highest BCUT2D eigenvalue weighted by Gasteiger charge is 2.27. The minimum Gasteiger partial charge on any atom is -0.465 e. The van der Waals surface area contributed by atoms with Crippen molar-refractivity contribution in [2.24, 2.45) is 5.92 Å². The van der Waals surface area contributed by atoms with Crippen LogP contribution in [-0.4, -0.2) is 57.3 Å². The zero-order valence-electron chi connectivity index (χ0n) is 18.1. The molecular weight excluding hydrogens is 428 g/mol. The van der Waals surface area contributed by atoms with E-state index in [0.29, 0.717) is 23.7 Å². The van der Waals surface area contributed by atoms with Crippen LogP contribution in [0.1, 0.15) is 29.8 Å². The Kier molecular flexibility index (Phi) is 7.66. The molecule has 0 aliphatic rings. The molecular formula is C23H28N4O4S. The first-order chi connectivity index (χ1) is 15.2. The van der Waals surface area contributed by atoms with Crippen LogP contribution in [0, 0.1) is 5.92 Å². The van der Waals surface area contributed by atoms with E-state index in [1.165, 1.54) is 11.3 Å². The third-order valence-electron chi connectivity index (χ3n) is 5.00. The maximum atomic E-state index is 13.3. The summed E-state index contributed by atoms with van der Waals surface area (Å²) in [6.45, 7) is 4.38. The lowest BCUT2D eigenvalue weighted by Gasteiger charge is -2.31. The maximum Gasteiger partial charge on any atom is 0.404 e. The van der Waals surface area contributed by atoms with E-state index in [2.05, 4.69) is 10.3 Å². The lowest BCUT2D eigenvalue weighted by Crippen LogP contribution is -2.50. The Hall–Kier alpha value is -3.17. The lowest BCUT2D eigenvalue weighted by molar-refractivity contribution is 0.0509. The van der Waals surface area contributed by atoms with Gasteiger partial charge >= 0.3 is 6.09 Å². The van der Waals surface area contributed by atoms with Crippen LogP contribution in [-0.2, 0) is 6.42 Å². The van der Waals surface area contributed by atoms with Crippen molar-refractivity contribution >= 4 is 38.7 Å². The average molecular weight is 457 g/mol. The van der Waals surface area contributed by atoms with E-state index < -0.39 is 18.2 Å². The number of hydrogen-bond donors (Lipinski definition) is 4. The topological polar surface area (TPSA) is 129 Å². The molecule has 1 aromatic heterocycles. The van der Waals surface area contributed by atoms with Crippen LogP contribution < -0.4 is 11.1 Å². The standard InChI is InChI=1S/C23H28N4O4S/c1-14(2)12-27(21(29)16-8-9-17-20(11-16)32-22(24)25-17)13-19(28)18(26-23(30)31)10-15-6-4-3-5-7-15/h3-9,11,14,18-19,26,28H,10,12-13H2,1-2H3,(H2,24,25)(H,30,31)/t18?,19-/m1/s1. The molecule has 0 spiro atoms. The highest BCUT2D eigenvalue weighted by molar-refractivity contribution is 7.22. The summed E-state index contributed by atoms with van der Waals surface area (Å²) in [5, 5.41) is 23.0. The molecule has 32 heavy (non-hydrogen) atoms. The predicted octanol–water partition coefficient (Wildman–Crippen LogP) is 3.22. The number of rotatable bonds is 9. The van der Waals surface area contributed by atoms with Crippen LogP contribution in [0.4, 0.5) is 9.93 Å². The van der Waals surface area contributed by atoms with E-state index in [4.69, 9.17) is 5.73 Å². The summed E-state index contributed by atoms with van der Waals surface area (Å²) in [5.74, 6) is -0.0747. The summed E-state index contributed by atoms with van der Waals surface area (Å²) in [4.78, 5) is 30.4. The van der Waals surface area contributed by atoms with Crippen molar-refractivity contribution in [1.82, 2.24) is 15.2 Å². The molecule has 170 valence electrons. The van der Waals surface area contributed by atoms with Crippen LogP contribution in [0.3, 0.4) is 0 Å². The average Bonchev–Trinajstić information content (AvgIpc) is 3.11. The number of nitrogens with zero attached hydrogens (tertiary/aromatic N) is 2. The molecule has 1 unspecified atom stereocenters. The summed E-state index contributed by atoms with van der Waals surface area (Å²) in [6, 6.07) is 13.8. The molecule has 1 heterocycles. The van der Waals surface area contributed by atoms with Gasteiger partial charge in [-0.25, -0.2) is 9.78 Å². The van der Waals surface area contributed by atoms with E-state index in [1.807, 2.05) is 44.2 Å². The number of carbonyl (C=O) groups is 2. The molecule has 0 bridgehead atoms. The first-order valence-electron chi connectivity index (χ1n) is 10.4. The molecule has 0 radical (unpaired) electrons. The minimum atomic E-state index is -1.22. The number of carbonyl (C=O) groups excluding carboxylic acids is 1. The first-order valence-corrected chi connectivity index (χ1v) is 11.2. The molecule has 3 rings (SSSR count). The van der Waals surface area contributed by atoms with Crippen molar-refractivity contribution in [1.29, 1.82) is 0 Å². The number of aliphatic hydroxyl groups excluding tert-OH is 1. The molecule has 8 nitrogen and oxygen atoms in total. The summed E-state index contributed by atoms with van der Waals surface area (Å²) in [7, 11) is 0. The smallest absolute Gasteiger partial charge is 0.404 e. The van der Waals surface area contributed by atoms with Crippen LogP contribution in [0.2, 0.25) is 0 Å². The van der Waals surface area contributed by atoms with Gasteiger partial charge in [-0.05, 0) is 36.1 Å². The number of nitrogens with two attached hydrogens (primary N) is 1. The van der Waals surface area contributed by atoms with Gasteiger partial charge < -0.3 is 26.2 Å². The second kappa shape index (κ2) is 10.4. The summed E-state index contributed by atoms with van der Waals surface area (Å²) in [6.07, 6.45) is -2.00. The highest BCUT2D eigenvalue weighted by Crippen LogP contribution is 2.25. The van der Waals surface area contributed by atoms with Gasteiger partial charge in [0.25, 0.3) is 5.91 Å². The fourth-order valence-electron chi connectivity index (χ4n) is 3.60. The van der Waals surface area contributed by atoms with Crippen LogP contribution >= 0.6 is 11.3 Å². The summed E-state index contributed by atoms with van der Waals surface area (Å²) < 4.78 is 0.813. The molecule has 0 aliphatic carbocycles. The summed E-state index contributed by atoms with van der Waals surface area (Å²) >= 11 is 1.31. The Balaban J connectivity index is 1.81. The van der Waals surface area contributed by atoms with Gasteiger partial charge in [-0.15, -0.1) is 0 Å². The Bertz CT molecular complexity index is 1070. The van der Waals surface area contributed by atoms with E-state index in [1.54, 1.807) is 23.1 Å². The number of nitrogens with one attached hydrogen (secondary N) is 1. The Morgan fingerprint density at radius 2 is 1.88 bits per heavy atom. The number of hydrogen-bond acceptors (Lipinski definition) is 6. The zero-order chi connectivity index (χ0) is 23.3. The normalized spacial score (nSPS) is 13.1. The van der Waals surface area contributed by atoms with E-state index in [9.17, 15) is 19.8 Å². The molecule has 2 amide bonds. The van der Waals surface area contributed by atoms with Crippen molar-refractivity contribution in [3.63, 3.8) is 0 Å². The van der Waals surface area contributed by atoms with E-state index >= 15 is 0 Å². The van der Waals surface area contributed by atoms with Gasteiger partial charge in [0, 0.05) is 18.7 Å². The zero-order valence-corrected chi connectivity index (χ0v) is 18.9. The molecule has 3 aromatic rings. The number of fused-ring (bicyclic) bond motifs is 1. The molecule has 0 saturated heterocycles. The van der Waals surface area contributed by atoms with Crippen molar-refractivity contribution < 1.29 is 19.8 Å². The molecule has 5 N–H and O–H groups in total. The van der Waals surface area contributed by atoms with Crippen molar-refractivity contribution in [3.8, 4) is 0 Å². The van der Waals surface area contributed by atoms with Gasteiger partial charge in [0.1, 0.15) is 0 Å². The number of aromatic nitrogens is 1. The Morgan fingerprint density at radius 3 is 2.53 bits per heavy atom. The van der Waals surface area contributed by atoms with Crippen molar-refractivity contribution in [2.75, 3.05) is 18.8 Å². The molecule has 0 aliphatic heterocycles. The van der Waals surface area contributed by atoms with E-state index in [-0.39, 0.29) is 18.4 Å². The van der Waals surface area contributed by atoms with E-state index in [0.717, 1.165) is 15.8 Å². The third-order valence-corrected chi connectivity index (χ3v) is 5.85. The third kappa shape index (κ3) is 6.18. The highest BCUT2D eigenvalue weighted by atomic mass is 32.1. The number of carboxylic acid groups (broad SMARTS) is 1. The van der Waals surface area contributed by atoms with Gasteiger partial charge in [-0.2, -0.15) is 0 Å². The van der Waals surface area contributed by atoms with Gasteiger partial charge in [-0.1, -0.05) is 55.5 Å². The molecule has 0 saturated carbocycles. The van der Waals surface area contributed by atoms with Gasteiger partial charge in [0.15, 0.2) is 5.13 Å². The molecule has 2 atom stereocenters. The van der Waals surface area contributed by atoms with Gasteiger partial charge in [-0.3, -0.25) is 4.79 Å². The lowest BCUT2D eigenvalue weighted by atomic mass is 10.00. The maximum absolute atomic E-state index is 13.3. The molecule has 9 heteroatoms. The molecule has 0 fully saturated rings. The van der Waals surface area contributed by atoms with Gasteiger partial charge in [0.2, 0.25) is 0 Å². The minimum absolute atomic E-state index is 0.00232. The quantitative estimate of drug-likeness (QED) is 0.391. The number of aliphatic hydroxyl groups is 1. The largest absolute Gasteiger partial charge is 0.465 e. The predicted molar refractivity (Wildman–Crippen MR) is 126 cm³/mol. The first kappa shape index (κ1) is 23.5. The number of amides is 2. The monoisotopic (exact) mass is 456 g/mol. The van der Waals surface area contributed by atoms with Crippen molar-refractivity contribution in [3.05, 3.63) is 59.7 Å². The van der Waals surface area contributed by atoms with Crippen LogP contribution in [0.15, 0.2) is 48.5 Å². The fourth-order valence-corrected chi connectivity index (χ4v) is 4.38. The Morgan fingerprint density at radius 1 is 1.16 bits per heavy atom. The van der Waals surface area contributed by atoms with Crippen LogP contribution in [0.25, 0.3) is 10.2 Å². The Labute approximate surface area is 190 Å². The molecule has 2 aromatic carbocycles. The second-order valence-corrected chi connectivity index (χ2v) is 9.21. The SMILES string of the molecule is CC(C)CN(C[C@@H](O)C(Cc1ccccc1)NC(=O)O)C(=O)c1ccc2nc(N)sc2c1. The van der Waals surface area contributed by atoms with Crippen LogP contribution in [0.5, 0.6) is 0 Å². The number of nitrogen functional groups attached to an aromatic ring is 1. The summed E-state index contributed by atoms with van der Waals surface area (Å²) in [5.41, 5.74) is 7.86.